The van der Waals surface area contributed by atoms with Gasteiger partial charge in [-0.2, -0.15) is 0 Å². The third-order valence-corrected chi connectivity index (χ3v) is 5.59. The van der Waals surface area contributed by atoms with E-state index in [-0.39, 0.29) is 5.91 Å². The summed E-state index contributed by atoms with van der Waals surface area (Å²) >= 11 is 0. The number of fused-ring (bicyclic) bond motifs is 2. The fourth-order valence-electron chi connectivity index (χ4n) is 3.94. The Kier molecular flexibility index (Phi) is 6.25. The van der Waals surface area contributed by atoms with Crippen molar-refractivity contribution in [2.45, 2.75) is 12.8 Å². The molecule has 2 heterocycles. The first kappa shape index (κ1) is 21.6. The van der Waals surface area contributed by atoms with Gasteiger partial charge in [0.25, 0.3) is 5.91 Å². The Bertz CT molecular complexity index is 1050. The molecule has 0 aliphatic carbocycles. The Labute approximate surface area is 187 Å². The molecule has 0 N–H and O–H groups in total. The van der Waals surface area contributed by atoms with Crippen molar-refractivity contribution in [3.8, 4) is 28.7 Å². The van der Waals surface area contributed by atoms with E-state index in [1.165, 1.54) is 6.08 Å². The van der Waals surface area contributed by atoms with Crippen LogP contribution in [0.4, 0.5) is 0 Å². The van der Waals surface area contributed by atoms with Gasteiger partial charge in [0.15, 0.2) is 23.0 Å². The molecule has 0 atom stereocenters. The lowest BCUT2D eigenvalue weighted by atomic mass is 9.96. The van der Waals surface area contributed by atoms with Gasteiger partial charge in [0.05, 0.1) is 34.5 Å². The summed E-state index contributed by atoms with van der Waals surface area (Å²) in [5, 5.41) is 0. The van der Waals surface area contributed by atoms with E-state index in [9.17, 15) is 4.79 Å². The Hall–Kier alpha value is -3.61. The molecule has 0 bridgehead atoms. The maximum atomic E-state index is 13.0. The predicted molar refractivity (Wildman–Crippen MR) is 122 cm³/mol. The van der Waals surface area contributed by atoms with Gasteiger partial charge < -0.3 is 28.6 Å². The molecule has 0 unspecified atom stereocenters. The van der Waals surface area contributed by atoms with Gasteiger partial charge in [0.1, 0.15) is 0 Å². The lowest BCUT2D eigenvalue weighted by Crippen LogP contribution is -2.33. The molecule has 0 spiro atoms. The topological polar surface area (TPSA) is 66.5 Å². The molecule has 0 aromatic heterocycles. The standard InChI is InChI=1S/C25H27NO6/c1-16-19-15-21-20(31-10-5-11-32-21)14-18(19)8-9-26(16)24(27)7-6-17-12-22(28-2)25(30-4)23(13-17)29-3/h6-7,12-15H,1,5,8-11H2,2-4H3. The molecular formula is C25H27NO6. The molecule has 2 aliphatic heterocycles. The highest BCUT2D eigenvalue weighted by atomic mass is 16.5. The number of methoxy groups -OCH3 is 3. The second-order valence-electron chi connectivity index (χ2n) is 7.49. The number of ether oxygens (including phenoxy) is 5. The average molecular weight is 437 g/mol. The third kappa shape index (κ3) is 4.10. The van der Waals surface area contributed by atoms with Crippen LogP contribution in [0.2, 0.25) is 0 Å². The number of nitrogens with zero attached hydrogens (tertiary/aromatic N) is 1. The van der Waals surface area contributed by atoms with E-state index < -0.39 is 0 Å². The number of amides is 1. The van der Waals surface area contributed by atoms with Gasteiger partial charge in [0.2, 0.25) is 5.75 Å². The van der Waals surface area contributed by atoms with Crippen LogP contribution in [0.5, 0.6) is 28.7 Å². The lowest BCUT2D eigenvalue weighted by molar-refractivity contribution is -0.123. The normalized spacial score (nSPS) is 15.2. The van der Waals surface area contributed by atoms with Gasteiger partial charge >= 0.3 is 0 Å². The molecule has 0 radical (unpaired) electrons. The van der Waals surface area contributed by atoms with Gasteiger partial charge in [-0.1, -0.05) is 6.58 Å². The number of benzene rings is 2. The number of hydrogen-bond acceptors (Lipinski definition) is 6. The van der Waals surface area contributed by atoms with Crippen molar-refractivity contribution in [1.29, 1.82) is 0 Å². The van der Waals surface area contributed by atoms with Gasteiger partial charge in [-0.05, 0) is 47.9 Å². The minimum Gasteiger partial charge on any atom is -0.493 e. The summed E-state index contributed by atoms with van der Waals surface area (Å²) in [4.78, 5) is 14.7. The predicted octanol–water partition coefficient (Wildman–Crippen LogP) is 3.94. The van der Waals surface area contributed by atoms with Crippen molar-refractivity contribution >= 4 is 17.7 Å². The zero-order valence-electron chi connectivity index (χ0n) is 18.6. The quantitative estimate of drug-likeness (QED) is 0.660. The molecule has 0 fully saturated rings. The van der Waals surface area contributed by atoms with E-state index in [1.54, 1.807) is 44.4 Å². The number of carbonyl (C=O) groups excluding carboxylic acids is 1. The van der Waals surface area contributed by atoms with E-state index in [2.05, 4.69) is 6.58 Å². The van der Waals surface area contributed by atoms with E-state index in [0.717, 1.165) is 35.3 Å². The Morgan fingerprint density at radius 1 is 1.00 bits per heavy atom. The molecule has 2 aromatic carbocycles. The van der Waals surface area contributed by atoms with E-state index in [4.69, 9.17) is 23.7 Å². The third-order valence-electron chi connectivity index (χ3n) is 5.59. The summed E-state index contributed by atoms with van der Waals surface area (Å²) < 4.78 is 27.7. The number of carbonyl (C=O) groups is 1. The number of rotatable bonds is 5. The number of hydrogen-bond donors (Lipinski definition) is 0. The first-order valence-corrected chi connectivity index (χ1v) is 10.5. The van der Waals surface area contributed by atoms with Crippen molar-refractivity contribution in [3.05, 3.63) is 53.6 Å². The highest BCUT2D eigenvalue weighted by molar-refractivity contribution is 5.98. The van der Waals surface area contributed by atoms with Crippen LogP contribution in [0.1, 0.15) is 23.1 Å². The first-order chi connectivity index (χ1) is 15.5. The van der Waals surface area contributed by atoms with Gasteiger partial charge in [-0.15, -0.1) is 0 Å². The van der Waals surface area contributed by atoms with E-state index >= 15 is 0 Å². The molecule has 0 saturated carbocycles. The van der Waals surface area contributed by atoms with Crippen LogP contribution < -0.4 is 23.7 Å². The fourth-order valence-corrected chi connectivity index (χ4v) is 3.94. The highest BCUT2D eigenvalue weighted by Crippen LogP contribution is 2.40. The second-order valence-corrected chi connectivity index (χ2v) is 7.49. The zero-order valence-corrected chi connectivity index (χ0v) is 18.6. The van der Waals surface area contributed by atoms with Crippen molar-refractivity contribution in [2.24, 2.45) is 0 Å². The average Bonchev–Trinajstić information content (AvgIpc) is 3.05. The minimum absolute atomic E-state index is 0.151. The molecule has 7 nitrogen and oxygen atoms in total. The molecular weight excluding hydrogens is 410 g/mol. The summed E-state index contributed by atoms with van der Waals surface area (Å²) in [5.41, 5.74) is 3.43. The Morgan fingerprint density at radius 3 is 2.28 bits per heavy atom. The molecule has 2 aliphatic rings. The van der Waals surface area contributed by atoms with Crippen LogP contribution in [-0.4, -0.2) is 51.9 Å². The smallest absolute Gasteiger partial charge is 0.250 e. The van der Waals surface area contributed by atoms with Crippen molar-refractivity contribution in [1.82, 2.24) is 4.90 Å². The SMILES string of the molecule is C=C1c2cc3c(cc2CCN1C(=O)C=Cc1cc(OC)c(OC)c(OC)c1)OCCCO3. The van der Waals surface area contributed by atoms with Crippen LogP contribution in [0.25, 0.3) is 11.8 Å². The monoisotopic (exact) mass is 437 g/mol. The maximum absolute atomic E-state index is 13.0. The van der Waals surface area contributed by atoms with Crippen LogP contribution in [0.15, 0.2) is 36.9 Å². The van der Waals surface area contributed by atoms with Crippen molar-refractivity contribution in [3.63, 3.8) is 0 Å². The largest absolute Gasteiger partial charge is 0.493 e. The fraction of sp³-hybridized carbons (Fsp3) is 0.320. The summed E-state index contributed by atoms with van der Waals surface area (Å²) in [6.07, 6.45) is 4.81. The van der Waals surface area contributed by atoms with Gasteiger partial charge in [0, 0.05) is 30.3 Å². The van der Waals surface area contributed by atoms with E-state index in [1.807, 2.05) is 12.1 Å². The van der Waals surface area contributed by atoms with Gasteiger partial charge in [-0.3, -0.25) is 4.79 Å². The molecule has 7 heteroatoms. The minimum atomic E-state index is -0.151. The molecule has 32 heavy (non-hydrogen) atoms. The first-order valence-electron chi connectivity index (χ1n) is 10.5. The summed E-state index contributed by atoms with van der Waals surface area (Å²) in [6, 6.07) is 7.52. The maximum Gasteiger partial charge on any atom is 0.250 e. The Morgan fingerprint density at radius 2 is 1.66 bits per heavy atom. The van der Waals surface area contributed by atoms with Crippen LogP contribution >= 0.6 is 0 Å². The summed E-state index contributed by atoms with van der Waals surface area (Å²) in [5.74, 6) is 2.86. The Balaban J connectivity index is 1.56. The molecule has 2 aromatic rings. The van der Waals surface area contributed by atoms with Crippen LogP contribution in [0.3, 0.4) is 0 Å². The lowest BCUT2D eigenvalue weighted by Gasteiger charge is -2.30. The van der Waals surface area contributed by atoms with E-state index in [0.29, 0.717) is 48.5 Å². The molecule has 0 saturated heterocycles. The summed E-state index contributed by atoms with van der Waals surface area (Å²) in [7, 11) is 4.66. The molecule has 168 valence electrons. The summed E-state index contributed by atoms with van der Waals surface area (Å²) in [6.45, 7) is 5.98. The van der Waals surface area contributed by atoms with Crippen molar-refractivity contribution in [2.75, 3.05) is 41.1 Å². The second kappa shape index (κ2) is 9.26. The van der Waals surface area contributed by atoms with Gasteiger partial charge in [-0.25, -0.2) is 0 Å². The van der Waals surface area contributed by atoms with Crippen LogP contribution in [-0.2, 0) is 11.2 Å². The molecule has 1 amide bonds. The van der Waals surface area contributed by atoms with Crippen LogP contribution in [0, 0.1) is 0 Å². The highest BCUT2D eigenvalue weighted by Gasteiger charge is 2.26. The zero-order chi connectivity index (χ0) is 22.7. The van der Waals surface area contributed by atoms with Crippen molar-refractivity contribution < 1.29 is 28.5 Å². The molecule has 4 rings (SSSR count).